The van der Waals surface area contributed by atoms with E-state index >= 15 is 0 Å². The smallest absolute Gasteiger partial charge is 0.256 e. The third-order valence-corrected chi connectivity index (χ3v) is 8.26. The average molecular weight is 526 g/mol. The van der Waals surface area contributed by atoms with Gasteiger partial charge in [0.25, 0.3) is 11.5 Å². The fourth-order valence-electron chi connectivity index (χ4n) is 5.36. The van der Waals surface area contributed by atoms with Gasteiger partial charge in [0, 0.05) is 18.0 Å². The molecule has 38 heavy (non-hydrogen) atoms. The summed E-state index contributed by atoms with van der Waals surface area (Å²) in [6, 6.07) is 23.2. The lowest BCUT2D eigenvalue weighted by atomic mass is 9.94. The predicted molar refractivity (Wildman–Crippen MR) is 147 cm³/mol. The third-order valence-electron chi connectivity index (χ3n) is 7.85. The van der Waals surface area contributed by atoms with Gasteiger partial charge in [-0.05, 0) is 59.7 Å². The van der Waals surface area contributed by atoms with Crippen LogP contribution >= 0.6 is 11.6 Å². The molecular weight excluding hydrogens is 498 g/mol. The normalized spacial score (nSPS) is 16.6. The fourth-order valence-corrected chi connectivity index (χ4v) is 5.54. The lowest BCUT2D eigenvalue weighted by Gasteiger charge is -2.30. The van der Waals surface area contributed by atoms with Gasteiger partial charge < -0.3 is 15.0 Å². The molecule has 1 saturated carbocycles. The van der Waals surface area contributed by atoms with E-state index in [0.717, 1.165) is 40.8 Å². The minimum Gasteiger partial charge on any atom is -0.378 e. The SMILES string of the molecule is Cc1ccc(-c2cccc([C@@H](O)C(=O)N3CCc4nc(C5(c6ccccc6)CC5)[nH]c(=O)c4C3)c2)cc1Cl. The first-order valence-corrected chi connectivity index (χ1v) is 13.2. The Kier molecular flexibility index (Phi) is 6.17. The second-order valence-electron chi connectivity index (χ2n) is 10.3. The number of hydrogen-bond acceptors (Lipinski definition) is 4. The molecule has 7 heteroatoms. The van der Waals surface area contributed by atoms with E-state index in [2.05, 4.69) is 17.1 Å². The molecule has 0 bridgehead atoms. The maximum Gasteiger partial charge on any atom is 0.256 e. The highest BCUT2D eigenvalue weighted by molar-refractivity contribution is 6.31. The number of H-pyrrole nitrogens is 1. The van der Waals surface area contributed by atoms with Crippen molar-refractivity contribution in [2.45, 2.75) is 44.2 Å². The Balaban J connectivity index is 1.22. The Labute approximate surface area is 225 Å². The Morgan fingerprint density at radius 2 is 1.82 bits per heavy atom. The molecule has 0 saturated heterocycles. The van der Waals surface area contributed by atoms with Gasteiger partial charge in [-0.3, -0.25) is 9.59 Å². The summed E-state index contributed by atoms with van der Waals surface area (Å²) in [6.45, 7) is 2.46. The molecule has 2 aliphatic rings. The number of fused-ring (bicyclic) bond motifs is 1. The second kappa shape index (κ2) is 9.53. The van der Waals surface area contributed by atoms with Gasteiger partial charge in [-0.2, -0.15) is 0 Å². The minimum atomic E-state index is -1.34. The second-order valence-corrected chi connectivity index (χ2v) is 10.7. The van der Waals surface area contributed by atoms with Crippen molar-refractivity contribution in [1.82, 2.24) is 14.9 Å². The lowest BCUT2D eigenvalue weighted by Crippen LogP contribution is -2.42. The van der Waals surface area contributed by atoms with Gasteiger partial charge in [0.05, 0.1) is 23.2 Å². The highest BCUT2D eigenvalue weighted by Gasteiger charge is 2.48. The number of aliphatic hydroxyl groups excluding tert-OH is 1. The highest BCUT2D eigenvalue weighted by atomic mass is 35.5. The average Bonchev–Trinajstić information content (AvgIpc) is 3.76. The summed E-state index contributed by atoms with van der Waals surface area (Å²) in [7, 11) is 0. The number of amides is 1. The first-order chi connectivity index (χ1) is 18.4. The number of nitrogens with one attached hydrogen (secondary N) is 1. The molecule has 6 rings (SSSR count). The van der Waals surface area contributed by atoms with Gasteiger partial charge in [0.15, 0.2) is 6.10 Å². The molecule has 1 aliphatic heterocycles. The summed E-state index contributed by atoms with van der Waals surface area (Å²) in [4.78, 5) is 35.9. The monoisotopic (exact) mass is 525 g/mol. The van der Waals surface area contributed by atoms with Crippen LogP contribution in [0.25, 0.3) is 11.1 Å². The van der Waals surface area contributed by atoms with Crippen LogP contribution in [0.3, 0.4) is 0 Å². The van der Waals surface area contributed by atoms with Crippen molar-refractivity contribution in [3.8, 4) is 11.1 Å². The standard InChI is InChI=1S/C31H28ClN3O3/c1-19-10-11-21(17-25(19)32)20-6-5-7-22(16-20)27(36)29(38)35-15-12-26-24(18-35)28(37)34-30(33-26)31(13-14-31)23-8-3-2-4-9-23/h2-11,16-17,27,36H,12-15,18H2,1H3,(H,33,34,37)/t27-/m1/s1. The molecule has 2 N–H and O–H groups in total. The summed E-state index contributed by atoms with van der Waals surface area (Å²) in [5.74, 6) is 0.279. The van der Waals surface area contributed by atoms with Gasteiger partial charge in [-0.15, -0.1) is 0 Å². The molecule has 1 amide bonds. The van der Waals surface area contributed by atoms with Gasteiger partial charge in [-0.25, -0.2) is 4.98 Å². The van der Waals surface area contributed by atoms with Crippen molar-refractivity contribution in [3.05, 3.63) is 122 Å². The van der Waals surface area contributed by atoms with Crippen molar-refractivity contribution in [2.75, 3.05) is 6.54 Å². The maximum absolute atomic E-state index is 13.3. The van der Waals surface area contributed by atoms with Crippen molar-refractivity contribution in [1.29, 1.82) is 0 Å². The van der Waals surface area contributed by atoms with E-state index in [-0.39, 0.29) is 17.5 Å². The van der Waals surface area contributed by atoms with Gasteiger partial charge in [0.2, 0.25) is 0 Å². The number of hydrogen-bond donors (Lipinski definition) is 2. The van der Waals surface area contributed by atoms with Gasteiger partial charge in [0.1, 0.15) is 5.82 Å². The third kappa shape index (κ3) is 4.34. The van der Waals surface area contributed by atoms with Gasteiger partial charge >= 0.3 is 0 Å². The zero-order valence-electron chi connectivity index (χ0n) is 21.1. The molecule has 2 heterocycles. The number of carbonyl (C=O) groups is 1. The Bertz CT molecular complexity index is 1590. The van der Waals surface area contributed by atoms with Crippen LogP contribution in [0.5, 0.6) is 0 Å². The number of benzene rings is 3. The molecule has 6 nitrogen and oxygen atoms in total. The Hall–Kier alpha value is -3.74. The number of carbonyl (C=O) groups excluding carboxylic acids is 1. The Morgan fingerprint density at radius 1 is 1.05 bits per heavy atom. The van der Waals surface area contributed by atoms with E-state index in [0.29, 0.717) is 34.9 Å². The molecule has 3 aromatic carbocycles. The zero-order valence-corrected chi connectivity index (χ0v) is 21.8. The number of nitrogens with zero attached hydrogens (tertiary/aromatic N) is 2. The maximum atomic E-state index is 13.3. The van der Waals surface area contributed by atoms with Crippen LogP contribution in [0.4, 0.5) is 0 Å². The number of aryl methyl sites for hydroxylation is 1. The van der Waals surface area contributed by atoms with Crippen LogP contribution in [-0.4, -0.2) is 32.4 Å². The van der Waals surface area contributed by atoms with E-state index in [1.165, 1.54) is 0 Å². The van der Waals surface area contributed by atoms with E-state index in [4.69, 9.17) is 16.6 Å². The highest BCUT2D eigenvalue weighted by Crippen LogP contribution is 2.52. The molecule has 0 spiro atoms. The van der Waals surface area contributed by atoms with Crippen molar-refractivity contribution in [2.24, 2.45) is 0 Å². The fraction of sp³-hybridized carbons (Fsp3) is 0.258. The number of aromatic amines is 1. The van der Waals surface area contributed by atoms with Gasteiger partial charge in [-0.1, -0.05) is 72.3 Å². The number of aliphatic hydroxyl groups is 1. The van der Waals surface area contributed by atoms with Crippen LogP contribution in [0.2, 0.25) is 5.02 Å². The summed E-state index contributed by atoms with van der Waals surface area (Å²) in [5.41, 5.74) is 5.20. The number of halogens is 1. The molecule has 1 aliphatic carbocycles. The first kappa shape index (κ1) is 24.6. The minimum absolute atomic E-state index is 0.124. The summed E-state index contributed by atoms with van der Waals surface area (Å²) >= 11 is 6.30. The first-order valence-electron chi connectivity index (χ1n) is 12.9. The van der Waals surface area contributed by atoms with Crippen LogP contribution in [0.15, 0.2) is 77.6 Å². The van der Waals surface area contributed by atoms with E-state index in [1.54, 1.807) is 17.0 Å². The number of aromatic nitrogens is 2. The van der Waals surface area contributed by atoms with E-state index < -0.39 is 12.0 Å². The molecule has 4 aromatic rings. The van der Waals surface area contributed by atoms with Crippen LogP contribution in [0, 0.1) is 6.92 Å². The van der Waals surface area contributed by atoms with E-state index in [1.807, 2.05) is 55.5 Å². The van der Waals surface area contributed by atoms with Crippen LogP contribution in [-0.2, 0) is 23.2 Å². The van der Waals surface area contributed by atoms with Crippen LogP contribution in [0.1, 0.15) is 52.7 Å². The molecular formula is C31H28ClN3O3. The quantitative estimate of drug-likeness (QED) is 0.380. The largest absolute Gasteiger partial charge is 0.378 e. The molecule has 0 radical (unpaired) electrons. The lowest BCUT2D eigenvalue weighted by molar-refractivity contribution is -0.141. The molecule has 1 aromatic heterocycles. The van der Waals surface area contributed by atoms with Crippen molar-refractivity contribution < 1.29 is 9.90 Å². The van der Waals surface area contributed by atoms with Crippen molar-refractivity contribution in [3.63, 3.8) is 0 Å². The van der Waals surface area contributed by atoms with Crippen LogP contribution < -0.4 is 5.56 Å². The summed E-state index contributed by atoms with van der Waals surface area (Å²) < 4.78 is 0. The van der Waals surface area contributed by atoms with E-state index in [9.17, 15) is 14.7 Å². The topological polar surface area (TPSA) is 86.3 Å². The summed E-state index contributed by atoms with van der Waals surface area (Å²) in [5, 5.41) is 11.7. The Morgan fingerprint density at radius 3 is 2.55 bits per heavy atom. The molecule has 192 valence electrons. The summed E-state index contributed by atoms with van der Waals surface area (Å²) in [6.07, 6.45) is 1.03. The number of rotatable bonds is 5. The molecule has 1 atom stereocenters. The van der Waals surface area contributed by atoms with Crippen molar-refractivity contribution >= 4 is 17.5 Å². The zero-order chi connectivity index (χ0) is 26.4. The predicted octanol–water partition coefficient (Wildman–Crippen LogP) is 5.10. The molecule has 1 fully saturated rings. The molecule has 0 unspecified atom stereocenters.